The van der Waals surface area contributed by atoms with Gasteiger partial charge in [0.25, 0.3) is 0 Å². The maximum atomic E-state index is 16.5. The molecular weight excluding hydrogens is 352 g/mol. The molecule has 0 bridgehead atoms. The van der Waals surface area contributed by atoms with Crippen molar-refractivity contribution < 1.29 is 8.39 Å². The van der Waals surface area contributed by atoms with Gasteiger partial charge >= 0.3 is 158 Å². The Morgan fingerprint density at radius 2 is 0.600 bits per heavy atom. The van der Waals surface area contributed by atoms with Crippen LogP contribution in [0.4, 0.5) is 8.39 Å². The second-order valence-corrected chi connectivity index (χ2v) is 19.6. The van der Waals surface area contributed by atoms with Crippen molar-refractivity contribution in [2.75, 3.05) is 49.3 Å². The van der Waals surface area contributed by atoms with Crippen molar-refractivity contribution in [2.24, 2.45) is 0 Å². The van der Waals surface area contributed by atoms with Crippen LogP contribution in [0.2, 0.25) is 0 Å². The predicted molar refractivity (Wildman–Crippen MR) is 121 cm³/mol. The molecule has 0 nitrogen and oxygen atoms in total. The zero-order chi connectivity index (χ0) is 19.5. The Bertz CT molecular complexity index is 297. The summed E-state index contributed by atoms with van der Waals surface area (Å²) in [6, 6.07) is 0. The molecule has 0 saturated carbocycles. The SMILES string of the molecule is CCCP(F)(CCC)(CCC)CCCP(F)(CCC)(CCC)CCC. The molecule has 0 amide bonds. The van der Waals surface area contributed by atoms with Gasteiger partial charge in [0, 0.05) is 0 Å². The molecule has 0 aliphatic heterocycles. The van der Waals surface area contributed by atoms with Gasteiger partial charge in [-0.1, -0.05) is 0 Å². The Morgan fingerprint density at radius 1 is 0.400 bits per heavy atom. The predicted octanol–water partition coefficient (Wildman–Crippen LogP) is 8.71. The third kappa shape index (κ3) is 7.70. The number of hydrogen-bond acceptors (Lipinski definition) is 0. The van der Waals surface area contributed by atoms with Crippen molar-refractivity contribution in [3.63, 3.8) is 0 Å². The minimum atomic E-state index is -3.13. The van der Waals surface area contributed by atoms with Gasteiger partial charge in [0.15, 0.2) is 0 Å². The molecule has 0 aliphatic carbocycles. The van der Waals surface area contributed by atoms with E-state index >= 15 is 8.39 Å². The van der Waals surface area contributed by atoms with Gasteiger partial charge in [0.2, 0.25) is 0 Å². The van der Waals surface area contributed by atoms with Crippen molar-refractivity contribution in [1.82, 2.24) is 0 Å². The molecule has 0 aromatic rings. The molecule has 0 aliphatic rings. The standard InChI is InChI=1S/C21H48F2P2/c1-7-14-24(22,15-8-2,16-9-3)20-13-21-25(23,17-10-4,18-11-5)19-12-6/h7-21H2,1-6H3. The first-order chi connectivity index (χ1) is 11.7. The van der Waals surface area contributed by atoms with Crippen LogP contribution in [-0.2, 0) is 0 Å². The summed E-state index contributed by atoms with van der Waals surface area (Å²) in [7, 11) is 0. The number of halogens is 2. The van der Waals surface area contributed by atoms with E-state index in [1.807, 2.05) is 0 Å². The van der Waals surface area contributed by atoms with Crippen LogP contribution < -0.4 is 0 Å². The van der Waals surface area contributed by atoms with Crippen molar-refractivity contribution in [3.05, 3.63) is 0 Å². The number of rotatable bonds is 16. The van der Waals surface area contributed by atoms with Crippen LogP contribution in [-0.4, -0.2) is 49.3 Å². The Balaban J connectivity index is 5.36. The fourth-order valence-electron chi connectivity index (χ4n) is 5.56. The summed E-state index contributed by atoms with van der Waals surface area (Å²) in [6.07, 6.45) is 12.4. The Hall–Kier alpha value is 0.720. The van der Waals surface area contributed by atoms with Crippen LogP contribution in [0.1, 0.15) is 86.5 Å². The molecule has 0 spiro atoms. The van der Waals surface area contributed by atoms with Gasteiger partial charge in [-0.25, -0.2) is 0 Å². The molecule has 0 radical (unpaired) electrons. The van der Waals surface area contributed by atoms with Gasteiger partial charge in [-0.3, -0.25) is 0 Å². The molecule has 0 heterocycles. The molecule has 0 N–H and O–H groups in total. The Labute approximate surface area is 158 Å². The van der Waals surface area contributed by atoms with Gasteiger partial charge in [0.05, 0.1) is 0 Å². The molecule has 25 heavy (non-hydrogen) atoms. The zero-order valence-corrected chi connectivity index (χ0v) is 20.0. The second-order valence-electron chi connectivity index (χ2n) is 8.78. The van der Waals surface area contributed by atoms with E-state index in [1.165, 1.54) is 0 Å². The Kier molecular flexibility index (Phi) is 11.2. The van der Waals surface area contributed by atoms with E-state index in [1.54, 1.807) is 0 Å². The van der Waals surface area contributed by atoms with Crippen molar-refractivity contribution in [3.8, 4) is 0 Å². The molecule has 156 valence electrons. The zero-order valence-electron chi connectivity index (χ0n) is 18.3. The quantitative estimate of drug-likeness (QED) is 0.227. The van der Waals surface area contributed by atoms with E-state index in [2.05, 4.69) is 41.5 Å². The normalized spacial score (nSPS) is 16.2. The van der Waals surface area contributed by atoms with Gasteiger partial charge in [-0.05, 0) is 0 Å². The van der Waals surface area contributed by atoms with Crippen LogP contribution in [0.15, 0.2) is 0 Å². The van der Waals surface area contributed by atoms with E-state index in [0.29, 0.717) is 12.3 Å². The number of hydrogen-bond donors (Lipinski definition) is 0. The second kappa shape index (κ2) is 10.9. The first kappa shape index (κ1) is 25.7. The van der Waals surface area contributed by atoms with Gasteiger partial charge in [-0.15, -0.1) is 0 Å². The van der Waals surface area contributed by atoms with Gasteiger partial charge in [0.1, 0.15) is 0 Å². The van der Waals surface area contributed by atoms with E-state index in [9.17, 15) is 0 Å². The molecule has 0 unspecified atom stereocenters. The molecule has 4 heteroatoms. The maximum absolute atomic E-state index is 16.5. The van der Waals surface area contributed by atoms with E-state index in [0.717, 1.165) is 81.9 Å². The third-order valence-corrected chi connectivity index (χ3v) is 18.4. The molecular formula is C21H48F2P2. The third-order valence-electron chi connectivity index (χ3n) is 6.13. The van der Waals surface area contributed by atoms with E-state index in [-0.39, 0.29) is 0 Å². The molecule has 0 fully saturated rings. The monoisotopic (exact) mass is 400 g/mol. The Morgan fingerprint density at radius 3 is 0.760 bits per heavy atom. The van der Waals surface area contributed by atoms with Crippen molar-refractivity contribution in [2.45, 2.75) is 86.5 Å². The first-order valence-corrected chi connectivity index (χ1v) is 16.8. The minimum absolute atomic E-state index is 0.695. The van der Waals surface area contributed by atoms with Gasteiger partial charge < -0.3 is 0 Å². The summed E-state index contributed by atoms with van der Waals surface area (Å²) in [5, 5.41) is 0. The summed E-state index contributed by atoms with van der Waals surface area (Å²) in [4.78, 5) is 0. The van der Waals surface area contributed by atoms with Gasteiger partial charge in [-0.2, -0.15) is 0 Å². The molecule has 0 rings (SSSR count). The summed E-state index contributed by atoms with van der Waals surface area (Å²) in [5.74, 6) is 0. The molecule has 0 atom stereocenters. The molecule has 0 aromatic heterocycles. The average molecular weight is 401 g/mol. The van der Waals surface area contributed by atoms with Crippen LogP contribution in [0.5, 0.6) is 0 Å². The average Bonchev–Trinajstić information content (AvgIpc) is 2.48. The molecule has 0 saturated heterocycles. The summed E-state index contributed by atoms with van der Waals surface area (Å²) in [6.45, 7) is 6.45. The van der Waals surface area contributed by atoms with Crippen LogP contribution in [0.3, 0.4) is 0 Å². The topological polar surface area (TPSA) is 0 Å². The van der Waals surface area contributed by atoms with Crippen LogP contribution in [0, 0.1) is 0 Å². The fraction of sp³-hybridized carbons (Fsp3) is 1.00. The van der Waals surface area contributed by atoms with Crippen molar-refractivity contribution in [1.29, 1.82) is 0 Å². The fourth-order valence-corrected chi connectivity index (χ4v) is 17.1. The summed E-state index contributed by atoms with van der Waals surface area (Å²) in [5.41, 5.74) is 0. The van der Waals surface area contributed by atoms with Crippen molar-refractivity contribution >= 4 is 13.8 Å². The van der Waals surface area contributed by atoms with Crippen LogP contribution >= 0.6 is 13.8 Å². The van der Waals surface area contributed by atoms with E-state index < -0.39 is 13.8 Å². The first-order valence-electron chi connectivity index (χ1n) is 11.1. The molecule has 0 aromatic carbocycles. The van der Waals surface area contributed by atoms with E-state index in [4.69, 9.17) is 0 Å². The summed E-state index contributed by atoms with van der Waals surface area (Å²) >= 11 is 0. The summed E-state index contributed by atoms with van der Waals surface area (Å²) < 4.78 is 32.9. The van der Waals surface area contributed by atoms with Crippen LogP contribution in [0.25, 0.3) is 0 Å².